The minimum atomic E-state index is -0.705. The van der Waals surface area contributed by atoms with Crippen LogP contribution in [0.3, 0.4) is 0 Å². The highest BCUT2D eigenvalue weighted by molar-refractivity contribution is 5.71. The molecule has 5 nitrogen and oxygen atoms in total. The van der Waals surface area contributed by atoms with Crippen LogP contribution < -0.4 is 4.74 Å². The Morgan fingerprint density at radius 1 is 1.62 bits per heavy atom. The summed E-state index contributed by atoms with van der Waals surface area (Å²) in [6.07, 6.45) is 1.76. The predicted molar refractivity (Wildman–Crippen MR) is 57.2 cm³/mol. The van der Waals surface area contributed by atoms with Crippen LogP contribution in [0.25, 0.3) is 0 Å². The van der Waals surface area contributed by atoms with Crippen LogP contribution in [-0.2, 0) is 11.3 Å². The first-order valence-electron chi connectivity index (χ1n) is 5.13. The van der Waals surface area contributed by atoms with Crippen LogP contribution in [0.1, 0.15) is 5.56 Å². The predicted octanol–water partition coefficient (Wildman–Crippen LogP) is 0.607. The average molecular weight is 222 g/mol. The van der Waals surface area contributed by atoms with Gasteiger partial charge in [0, 0.05) is 31.9 Å². The van der Waals surface area contributed by atoms with Crippen molar-refractivity contribution in [1.29, 1.82) is 0 Å². The van der Waals surface area contributed by atoms with Crippen molar-refractivity contribution in [2.75, 3.05) is 20.2 Å². The molecule has 1 aromatic heterocycles. The summed E-state index contributed by atoms with van der Waals surface area (Å²) in [6, 6.07) is 3.75. The molecule has 0 unspecified atom stereocenters. The maximum absolute atomic E-state index is 10.6. The Balaban J connectivity index is 1.84. The highest BCUT2D eigenvalue weighted by atomic mass is 16.5. The summed E-state index contributed by atoms with van der Waals surface area (Å²) >= 11 is 0. The Morgan fingerprint density at radius 2 is 2.38 bits per heavy atom. The molecule has 2 heterocycles. The molecule has 0 saturated carbocycles. The lowest BCUT2D eigenvalue weighted by molar-refractivity contribution is -0.147. The number of rotatable bonds is 4. The number of carboxylic acids is 1. The molecule has 1 saturated heterocycles. The van der Waals surface area contributed by atoms with Gasteiger partial charge in [0.25, 0.3) is 0 Å². The second-order valence-corrected chi connectivity index (χ2v) is 3.94. The number of likely N-dealkylation sites (tertiary alicyclic amines) is 1. The quantitative estimate of drug-likeness (QED) is 0.808. The Bertz CT molecular complexity index is 371. The first kappa shape index (κ1) is 10.9. The second-order valence-electron chi connectivity index (χ2n) is 3.94. The van der Waals surface area contributed by atoms with Crippen molar-refractivity contribution in [2.24, 2.45) is 5.92 Å². The van der Waals surface area contributed by atoms with E-state index in [4.69, 9.17) is 9.84 Å². The molecule has 0 spiro atoms. The number of ether oxygens (including phenoxy) is 1. The van der Waals surface area contributed by atoms with Crippen LogP contribution in [0.2, 0.25) is 0 Å². The van der Waals surface area contributed by atoms with E-state index in [-0.39, 0.29) is 5.92 Å². The normalized spacial score (nSPS) is 16.8. The van der Waals surface area contributed by atoms with Gasteiger partial charge >= 0.3 is 5.97 Å². The zero-order valence-corrected chi connectivity index (χ0v) is 9.09. The molecular formula is C11H14N2O3. The summed E-state index contributed by atoms with van der Waals surface area (Å²) < 4.78 is 4.96. The van der Waals surface area contributed by atoms with Crippen LogP contribution in [-0.4, -0.2) is 41.2 Å². The fourth-order valence-corrected chi connectivity index (χ4v) is 1.74. The third-order valence-electron chi connectivity index (χ3n) is 2.72. The summed E-state index contributed by atoms with van der Waals surface area (Å²) in [7, 11) is 1.58. The van der Waals surface area contributed by atoms with E-state index in [9.17, 15) is 4.79 Å². The van der Waals surface area contributed by atoms with Crippen LogP contribution >= 0.6 is 0 Å². The largest absolute Gasteiger partial charge is 0.481 e. The Morgan fingerprint density at radius 3 is 2.88 bits per heavy atom. The second kappa shape index (κ2) is 4.49. The molecule has 1 aliphatic heterocycles. The van der Waals surface area contributed by atoms with E-state index in [1.807, 2.05) is 12.1 Å². The standard InChI is InChI=1S/C11H14N2O3/c1-16-10-3-2-8(4-12-10)5-13-6-9(7-13)11(14)15/h2-4,9H,5-7H2,1H3,(H,14,15). The topological polar surface area (TPSA) is 62.7 Å². The summed E-state index contributed by atoms with van der Waals surface area (Å²) in [4.78, 5) is 16.8. The lowest BCUT2D eigenvalue weighted by atomic mass is 10.00. The van der Waals surface area contributed by atoms with Crippen LogP contribution in [0.4, 0.5) is 0 Å². The van der Waals surface area contributed by atoms with Gasteiger partial charge in [-0.15, -0.1) is 0 Å². The molecule has 0 bridgehead atoms. The lowest BCUT2D eigenvalue weighted by Crippen LogP contribution is -2.49. The number of hydrogen-bond donors (Lipinski definition) is 1. The van der Waals surface area contributed by atoms with Crippen molar-refractivity contribution in [1.82, 2.24) is 9.88 Å². The van der Waals surface area contributed by atoms with Gasteiger partial charge in [-0.3, -0.25) is 9.69 Å². The molecule has 0 atom stereocenters. The minimum absolute atomic E-state index is 0.203. The van der Waals surface area contributed by atoms with Crippen LogP contribution in [0, 0.1) is 5.92 Å². The van der Waals surface area contributed by atoms with Gasteiger partial charge in [0.05, 0.1) is 13.0 Å². The smallest absolute Gasteiger partial charge is 0.309 e. The molecule has 16 heavy (non-hydrogen) atoms. The van der Waals surface area contributed by atoms with Gasteiger partial charge in [0.15, 0.2) is 0 Å². The number of methoxy groups -OCH3 is 1. The fraction of sp³-hybridized carbons (Fsp3) is 0.455. The van der Waals surface area contributed by atoms with Crippen molar-refractivity contribution >= 4 is 5.97 Å². The summed E-state index contributed by atoms with van der Waals surface area (Å²) in [5, 5.41) is 8.73. The third kappa shape index (κ3) is 2.30. The van der Waals surface area contributed by atoms with Crippen molar-refractivity contribution in [2.45, 2.75) is 6.54 Å². The summed E-state index contributed by atoms with van der Waals surface area (Å²) in [5.41, 5.74) is 1.07. The van der Waals surface area contributed by atoms with E-state index in [1.165, 1.54) is 0 Å². The van der Waals surface area contributed by atoms with E-state index in [0.717, 1.165) is 12.1 Å². The molecule has 1 N–H and O–H groups in total. The number of aliphatic carboxylic acids is 1. The molecule has 86 valence electrons. The Labute approximate surface area is 93.7 Å². The number of carboxylic acid groups (broad SMARTS) is 1. The van der Waals surface area contributed by atoms with Gasteiger partial charge < -0.3 is 9.84 Å². The molecule has 0 aliphatic carbocycles. The average Bonchev–Trinajstić information content (AvgIpc) is 2.23. The fourth-order valence-electron chi connectivity index (χ4n) is 1.74. The molecule has 1 aromatic rings. The molecule has 5 heteroatoms. The number of hydrogen-bond acceptors (Lipinski definition) is 4. The van der Waals surface area contributed by atoms with Crippen LogP contribution in [0.5, 0.6) is 5.88 Å². The highest BCUT2D eigenvalue weighted by Crippen LogP contribution is 2.19. The zero-order valence-electron chi connectivity index (χ0n) is 9.09. The van der Waals surface area contributed by atoms with Gasteiger partial charge in [0.2, 0.25) is 5.88 Å². The van der Waals surface area contributed by atoms with E-state index in [1.54, 1.807) is 13.3 Å². The van der Waals surface area contributed by atoms with Gasteiger partial charge in [-0.25, -0.2) is 4.98 Å². The zero-order chi connectivity index (χ0) is 11.5. The summed E-state index contributed by atoms with van der Waals surface area (Å²) in [5.74, 6) is -0.314. The molecule has 1 aliphatic rings. The van der Waals surface area contributed by atoms with E-state index in [2.05, 4.69) is 9.88 Å². The van der Waals surface area contributed by atoms with Crippen molar-refractivity contribution in [3.63, 3.8) is 0 Å². The van der Waals surface area contributed by atoms with E-state index < -0.39 is 5.97 Å². The molecule has 0 radical (unpaired) electrons. The number of carbonyl (C=O) groups is 1. The molecule has 1 fully saturated rings. The summed E-state index contributed by atoms with van der Waals surface area (Å²) in [6.45, 7) is 2.00. The minimum Gasteiger partial charge on any atom is -0.481 e. The van der Waals surface area contributed by atoms with Gasteiger partial charge in [-0.05, 0) is 5.56 Å². The maximum Gasteiger partial charge on any atom is 0.309 e. The van der Waals surface area contributed by atoms with Crippen LogP contribution in [0.15, 0.2) is 18.3 Å². The van der Waals surface area contributed by atoms with Crippen molar-refractivity contribution in [3.8, 4) is 5.88 Å². The maximum atomic E-state index is 10.6. The number of pyridine rings is 1. The molecular weight excluding hydrogens is 208 g/mol. The highest BCUT2D eigenvalue weighted by Gasteiger charge is 2.32. The van der Waals surface area contributed by atoms with Crippen molar-refractivity contribution in [3.05, 3.63) is 23.9 Å². The van der Waals surface area contributed by atoms with Gasteiger partial charge in [0.1, 0.15) is 0 Å². The number of aromatic nitrogens is 1. The lowest BCUT2D eigenvalue weighted by Gasteiger charge is -2.36. The Kier molecular flexibility index (Phi) is 3.05. The van der Waals surface area contributed by atoms with E-state index in [0.29, 0.717) is 19.0 Å². The van der Waals surface area contributed by atoms with E-state index >= 15 is 0 Å². The SMILES string of the molecule is COc1ccc(CN2CC(C(=O)O)C2)cn1. The monoisotopic (exact) mass is 222 g/mol. The number of nitrogens with zero attached hydrogens (tertiary/aromatic N) is 2. The first-order chi connectivity index (χ1) is 7.69. The molecule has 2 rings (SSSR count). The van der Waals surface area contributed by atoms with Crippen molar-refractivity contribution < 1.29 is 14.6 Å². The third-order valence-corrected chi connectivity index (χ3v) is 2.72. The van der Waals surface area contributed by atoms with Gasteiger partial charge in [-0.1, -0.05) is 6.07 Å². The molecule has 0 amide bonds. The Hall–Kier alpha value is -1.62. The molecule has 0 aromatic carbocycles. The van der Waals surface area contributed by atoms with Gasteiger partial charge in [-0.2, -0.15) is 0 Å². The first-order valence-corrected chi connectivity index (χ1v) is 5.13.